The first kappa shape index (κ1) is 28.1. The Hall–Kier alpha value is -3.12. The van der Waals surface area contributed by atoms with E-state index in [1.807, 2.05) is 25.1 Å². The van der Waals surface area contributed by atoms with E-state index in [9.17, 15) is 26.4 Å². The minimum absolute atomic E-state index is 0.00633. The van der Waals surface area contributed by atoms with Crippen LogP contribution in [0.1, 0.15) is 29.5 Å². The Labute approximate surface area is 201 Å². The first-order valence-corrected chi connectivity index (χ1v) is 12.0. The van der Waals surface area contributed by atoms with Gasteiger partial charge in [-0.3, -0.25) is 9.52 Å². The number of nitrogens with one attached hydrogen (secondary N) is 2. The molecule has 35 heavy (non-hydrogen) atoms. The van der Waals surface area contributed by atoms with E-state index >= 15 is 0 Å². The third-order valence-electron chi connectivity index (χ3n) is 5.33. The number of methoxy groups -OCH3 is 1. The summed E-state index contributed by atoms with van der Waals surface area (Å²) in [6.07, 6.45) is -3.50. The van der Waals surface area contributed by atoms with E-state index in [1.54, 1.807) is 38.3 Å². The van der Waals surface area contributed by atoms with Crippen LogP contribution in [0, 0.1) is 13.8 Å². The lowest BCUT2D eigenvalue weighted by molar-refractivity contribution is -0.192. The molecule has 2 aromatic carbocycles. The van der Waals surface area contributed by atoms with Gasteiger partial charge in [0.25, 0.3) is 10.0 Å². The van der Waals surface area contributed by atoms with Gasteiger partial charge in [0.1, 0.15) is 0 Å². The number of carboxylic acid groups (broad SMARTS) is 1. The molecular formula is C23H27F3N2O6S. The molecule has 0 saturated heterocycles. The Kier molecular flexibility index (Phi) is 8.90. The number of amides is 1. The number of hydrogen-bond acceptors (Lipinski definition) is 5. The lowest BCUT2D eigenvalue weighted by Gasteiger charge is -2.17. The highest BCUT2D eigenvalue weighted by Crippen LogP contribution is 2.48. The number of halogens is 3. The van der Waals surface area contributed by atoms with Crippen molar-refractivity contribution in [2.24, 2.45) is 0 Å². The molecule has 3 N–H and O–H groups in total. The fourth-order valence-corrected chi connectivity index (χ4v) is 4.66. The van der Waals surface area contributed by atoms with Gasteiger partial charge in [-0.1, -0.05) is 29.8 Å². The maximum absolute atomic E-state index is 12.7. The predicted octanol–water partition coefficient (Wildman–Crippen LogP) is 3.53. The molecule has 0 radical (unpaired) electrons. The van der Waals surface area contributed by atoms with E-state index in [4.69, 9.17) is 14.6 Å². The number of carboxylic acids is 1. The Bertz CT molecular complexity index is 1160. The van der Waals surface area contributed by atoms with Crippen molar-refractivity contribution in [2.45, 2.75) is 43.2 Å². The molecule has 1 amide bonds. The van der Waals surface area contributed by atoms with Crippen molar-refractivity contribution in [2.75, 3.05) is 25.0 Å². The zero-order chi connectivity index (χ0) is 26.4. The molecule has 2 aromatic rings. The molecule has 0 bridgehead atoms. The molecule has 8 nitrogen and oxygen atoms in total. The van der Waals surface area contributed by atoms with Crippen LogP contribution < -0.4 is 10.0 Å². The van der Waals surface area contributed by atoms with E-state index in [0.717, 1.165) is 24.0 Å². The van der Waals surface area contributed by atoms with Gasteiger partial charge in [-0.25, -0.2) is 13.2 Å². The van der Waals surface area contributed by atoms with Crippen molar-refractivity contribution in [3.8, 4) is 0 Å². The van der Waals surface area contributed by atoms with Crippen LogP contribution in [0.4, 0.5) is 18.9 Å². The fourth-order valence-electron chi connectivity index (χ4n) is 3.38. The van der Waals surface area contributed by atoms with Gasteiger partial charge in [-0.2, -0.15) is 13.2 Å². The van der Waals surface area contributed by atoms with E-state index in [0.29, 0.717) is 24.4 Å². The number of ether oxygens (including phenoxy) is 1. The van der Waals surface area contributed by atoms with Gasteiger partial charge in [-0.05, 0) is 56.0 Å². The fraction of sp³-hybridized carbons (Fsp3) is 0.391. The Morgan fingerprint density at radius 3 is 2.11 bits per heavy atom. The van der Waals surface area contributed by atoms with Gasteiger partial charge in [0.15, 0.2) is 0 Å². The molecule has 0 spiro atoms. The number of benzene rings is 2. The summed E-state index contributed by atoms with van der Waals surface area (Å²) in [4.78, 5) is 21.6. The maximum atomic E-state index is 12.7. The monoisotopic (exact) mass is 516 g/mol. The average molecular weight is 517 g/mol. The second-order valence-electron chi connectivity index (χ2n) is 8.09. The van der Waals surface area contributed by atoms with Gasteiger partial charge in [0.2, 0.25) is 5.91 Å². The average Bonchev–Trinajstić information content (AvgIpc) is 3.55. The highest BCUT2D eigenvalue weighted by atomic mass is 32.2. The van der Waals surface area contributed by atoms with Crippen molar-refractivity contribution in [1.82, 2.24) is 5.32 Å². The van der Waals surface area contributed by atoms with Gasteiger partial charge >= 0.3 is 12.1 Å². The lowest BCUT2D eigenvalue weighted by Crippen LogP contribution is -2.36. The molecule has 0 aromatic heterocycles. The zero-order valence-corrected chi connectivity index (χ0v) is 20.2. The number of hydrogen-bond donors (Lipinski definition) is 3. The van der Waals surface area contributed by atoms with E-state index < -0.39 is 27.6 Å². The molecular weight excluding hydrogens is 489 g/mol. The maximum Gasteiger partial charge on any atom is 0.490 e. The lowest BCUT2D eigenvalue weighted by atomic mass is 9.95. The van der Waals surface area contributed by atoms with Gasteiger partial charge in [0, 0.05) is 19.3 Å². The molecule has 0 aliphatic heterocycles. The van der Waals surface area contributed by atoms with Crippen LogP contribution in [0.15, 0.2) is 47.4 Å². The van der Waals surface area contributed by atoms with Gasteiger partial charge < -0.3 is 15.2 Å². The van der Waals surface area contributed by atoms with Gasteiger partial charge in [-0.15, -0.1) is 0 Å². The summed E-state index contributed by atoms with van der Waals surface area (Å²) in [5.41, 5.74) is 2.59. The summed E-state index contributed by atoms with van der Waals surface area (Å²) in [6.45, 7) is 4.66. The number of aryl methyl sites for hydroxylation is 2. The standard InChI is InChI=1S/C21H26N2O4S.C2HF3O2/c1-15-4-9-19(16(2)14-15)28(25,26)23-18-7-5-17(6-8-18)21(10-11-21)20(24)22-12-13-27-3;3-2(4,5)1(6)7/h4-9,14,23H,10-13H2,1-3H3,(H,22,24);(H,6,7). The van der Waals surface area contributed by atoms with Gasteiger partial charge in [0.05, 0.1) is 16.9 Å². The van der Waals surface area contributed by atoms with E-state index in [-0.39, 0.29) is 10.8 Å². The summed E-state index contributed by atoms with van der Waals surface area (Å²) in [6, 6.07) is 12.3. The Balaban J connectivity index is 0.000000540. The van der Waals surface area contributed by atoms with Crippen LogP contribution in [-0.4, -0.2) is 51.8 Å². The van der Waals surface area contributed by atoms with E-state index in [2.05, 4.69) is 10.0 Å². The third kappa shape index (κ3) is 7.43. The van der Waals surface area contributed by atoms with Crippen molar-refractivity contribution in [1.29, 1.82) is 0 Å². The highest BCUT2D eigenvalue weighted by molar-refractivity contribution is 7.92. The number of sulfonamides is 1. The predicted molar refractivity (Wildman–Crippen MR) is 123 cm³/mol. The summed E-state index contributed by atoms with van der Waals surface area (Å²) in [5.74, 6) is -2.76. The smallest absolute Gasteiger partial charge is 0.475 e. The molecule has 192 valence electrons. The largest absolute Gasteiger partial charge is 0.490 e. The summed E-state index contributed by atoms with van der Waals surface area (Å²) >= 11 is 0. The van der Waals surface area contributed by atoms with Crippen LogP contribution in [-0.2, 0) is 29.8 Å². The Morgan fingerprint density at radius 2 is 1.66 bits per heavy atom. The molecule has 1 aliphatic rings. The first-order chi connectivity index (χ1) is 16.2. The molecule has 1 saturated carbocycles. The molecule has 12 heteroatoms. The van der Waals surface area contributed by atoms with Crippen molar-refractivity contribution in [3.63, 3.8) is 0 Å². The second kappa shape index (κ2) is 11.1. The van der Waals surface area contributed by atoms with Crippen molar-refractivity contribution in [3.05, 3.63) is 59.2 Å². The molecule has 3 rings (SSSR count). The third-order valence-corrected chi connectivity index (χ3v) is 6.87. The number of carbonyl (C=O) groups excluding carboxylic acids is 1. The number of rotatable bonds is 8. The van der Waals surface area contributed by atoms with E-state index in [1.165, 1.54) is 0 Å². The highest BCUT2D eigenvalue weighted by Gasteiger charge is 2.51. The second-order valence-corrected chi connectivity index (χ2v) is 9.74. The number of aliphatic carboxylic acids is 1. The molecule has 0 unspecified atom stereocenters. The summed E-state index contributed by atoms with van der Waals surface area (Å²) < 4.78 is 64.7. The zero-order valence-electron chi connectivity index (χ0n) is 19.4. The Morgan fingerprint density at radius 1 is 1.09 bits per heavy atom. The normalized spacial score (nSPS) is 14.3. The summed E-state index contributed by atoms with van der Waals surface area (Å²) in [5, 5.41) is 10.0. The van der Waals surface area contributed by atoms with Crippen LogP contribution in [0.5, 0.6) is 0 Å². The van der Waals surface area contributed by atoms with Crippen LogP contribution in [0.25, 0.3) is 0 Å². The number of alkyl halides is 3. The number of anilines is 1. The summed E-state index contributed by atoms with van der Waals surface area (Å²) in [7, 11) is -2.07. The molecule has 1 fully saturated rings. The molecule has 0 heterocycles. The quantitative estimate of drug-likeness (QED) is 0.462. The molecule has 0 atom stereocenters. The van der Waals surface area contributed by atoms with Crippen LogP contribution in [0.2, 0.25) is 0 Å². The minimum Gasteiger partial charge on any atom is -0.475 e. The minimum atomic E-state index is -5.08. The van der Waals surface area contributed by atoms with Crippen molar-refractivity contribution < 1.29 is 41.0 Å². The molecule has 1 aliphatic carbocycles. The topological polar surface area (TPSA) is 122 Å². The van der Waals surface area contributed by atoms with Crippen molar-refractivity contribution >= 4 is 27.6 Å². The SMILES string of the molecule is COCCNC(=O)C1(c2ccc(NS(=O)(=O)c3ccc(C)cc3C)cc2)CC1.O=C(O)C(F)(F)F. The first-order valence-electron chi connectivity index (χ1n) is 10.5. The number of carbonyl (C=O) groups is 2. The van der Waals surface area contributed by atoms with Crippen LogP contribution in [0.3, 0.4) is 0 Å². The van der Waals surface area contributed by atoms with Crippen LogP contribution >= 0.6 is 0 Å².